The highest BCUT2D eigenvalue weighted by Gasteiger charge is 2.22. The number of hydrogen-bond acceptors (Lipinski definition) is 4. The number of carbonyl (C=O) groups is 1. The van der Waals surface area contributed by atoms with Crippen LogP contribution in [-0.2, 0) is 13.0 Å². The first-order valence-electron chi connectivity index (χ1n) is 7.73. The minimum atomic E-state index is -0.582. The third-order valence-corrected chi connectivity index (χ3v) is 3.77. The Morgan fingerprint density at radius 2 is 2.08 bits per heavy atom. The van der Waals surface area contributed by atoms with Gasteiger partial charge in [0.05, 0.1) is 13.1 Å². The SMILES string of the molecule is CN=C(NCc1ccc(C(N)=O)o1)NCC1Cc2ccccc2O1.I. The second-order valence-electron chi connectivity index (χ2n) is 5.49. The number of carbonyl (C=O) groups excluding carboxylic acids is 1. The van der Waals surface area contributed by atoms with E-state index in [1.807, 2.05) is 18.2 Å². The van der Waals surface area contributed by atoms with E-state index in [4.69, 9.17) is 14.9 Å². The van der Waals surface area contributed by atoms with Gasteiger partial charge in [-0.05, 0) is 23.8 Å². The van der Waals surface area contributed by atoms with Crippen molar-refractivity contribution in [1.82, 2.24) is 10.6 Å². The van der Waals surface area contributed by atoms with Gasteiger partial charge in [0.1, 0.15) is 17.6 Å². The van der Waals surface area contributed by atoms with Crippen molar-refractivity contribution >= 4 is 35.8 Å². The number of rotatable bonds is 5. The van der Waals surface area contributed by atoms with E-state index in [0.29, 0.717) is 24.8 Å². The summed E-state index contributed by atoms with van der Waals surface area (Å²) in [6, 6.07) is 11.3. The number of nitrogens with two attached hydrogens (primary N) is 1. The first-order chi connectivity index (χ1) is 11.7. The van der Waals surface area contributed by atoms with Crippen molar-refractivity contribution in [2.45, 2.75) is 19.1 Å². The van der Waals surface area contributed by atoms with Crippen LogP contribution in [0.1, 0.15) is 21.9 Å². The molecule has 1 amide bonds. The molecule has 0 radical (unpaired) electrons. The number of aliphatic imine (C=N–C) groups is 1. The average Bonchev–Trinajstić information content (AvgIpc) is 3.21. The number of guanidine groups is 1. The lowest BCUT2D eigenvalue weighted by atomic mass is 10.1. The predicted molar refractivity (Wildman–Crippen MR) is 105 cm³/mol. The van der Waals surface area contributed by atoms with Gasteiger partial charge in [0.2, 0.25) is 0 Å². The Hall–Kier alpha value is -2.23. The van der Waals surface area contributed by atoms with E-state index in [1.165, 1.54) is 5.56 Å². The third kappa shape index (κ3) is 4.88. The van der Waals surface area contributed by atoms with Crippen LogP contribution in [0.3, 0.4) is 0 Å². The number of furan rings is 1. The van der Waals surface area contributed by atoms with Gasteiger partial charge in [-0.3, -0.25) is 9.79 Å². The molecule has 1 aliphatic rings. The van der Waals surface area contributed by atoms with E-state index in [1.54, 1.807) is 19.2 Å². The molecular formula is C17H21IN4O3. The second-order valence-corrected chi connectivity index (χ2v) is 5.49. The molecular weight excluding hydrogens is 435 g/mol. The minimum absolute atomic E-state index is 0. The van der Waals surface area contributed by atoms with E-state index < -0.39 is 5.91 Å². The first kappa shape index (κ1) is 19.1. The van der Waals surface area contributed by atoms with Gasteiger partial charge in [0.25, 0.3) is 5.91 Å². The van der Waals surface area contributed by atoms with Crippen LogP contribution in [-0.4, -0.2) is 31.6 Å². The quantitative estimate of drug-likeness (QED) is 0.361. The molecule has 3 rings (SSSR count). The van der Waals surface area contributed by atoms with E-state index in [-0.39, 0.29) is 35.8 Å². The van der Waals surface area contributed by atoms with Crippen molar-refractivity contribution < 1.29 is 13.9 Å². The zero-order chi connectivity index (χ0) is 16.9. The first-order valence-corrected chi connectivity index (χ1v) is 7.73. The van der Waals surface area contributed by atoms with Gasteiger partial charge < -0.3 is 25.5 Å². The zero-order valence-electron chi connectivity index (χ0n) is 13.8. The van der Waals surface area contributed by atoms with Gasteiger partial charge in [0, 0.05) is 13.5 Å². The average molecular weight is 456 g/mol. The number of nitrogens with zero attached hydrogens (tertiary/aromatic N) is 1. The molecule has 0 bridgehead atoms. The maximum atomic E-state index is 11.0. The molecule has 0 spiro atoms. The summed E-state index contributed by atoms with van der Waals surface area (Å²) in [5.41, 5.74) is 6.38. The minimum Gasteiger partial charge on any atom is -0.488 e. The van der Waals surface area contributed by atoms with Gasteiger partial charge >= 0.3 is 0 Å². The molecule has 2 heterocycles. The van der Waals surface area contributed by atoms with Crippen molar-refractivity contribution in [3.05, 3.63) is 53.5 Å². The monoisotopic (exact) mass is 456 g/mol. The maximum Gasteiger partial charge on any atom is 0.284 e. The Kier molecular flexibility index (Phi) is 6.68. The normalized spacial score (nSPS) is 15.7. The zero-order valence-corrected chi connectivity index (χ0v) is 16.2. The van der Waals surface area contributed by atoms with Crippen molar-refractivity contribution in [2.24, 2.45) is 10.7 Å². The van der Waals surface area contributed by atoms with Crippen molar-refractivity contribution in [3.8, 4) is 5.75 Å². The number of amides is 1. The van der Waals surface area contributed by atoms with Gasteiger partial charge in [-0.1, -0.05) is 18.2 Å². The lowest BCUT2D eigenvalue weighted by Crippen LogP contribution is -2.41. The number of ether oxygens (including phenoxy) is 1. The lowest BCUT2D eigenvalue weighted by Gasteiger charge is -2.15. The third-order valence-electron chi connectivity index (χ3n) is 3.77. The highest BCUT2D eigenvalue weighted by Crippen LogP contribution is 2.27. The Morgan fingerprint density at radius 3 is 2.76 bits per heavy atom. The summed E-state index contributed by atoms with van der Waals surface area (Å²) < 4.78 is 11.2. The second kappa shape index (κ2) is 8.75. The molecule has 0 fully saturated rings. The fourth-order valence-corrected chi connectivity index (χ4v) is 2.58. The van der Waals surface area contributed by atoms with E-state index in [9.17, 15) is 4.79 Å². The molecule has 0 saturated carbocycles. The predicted octanol–water partition coefficient (Wildman–Crippen LogP) is 1.67. The van der Waals surface area contributed by atoms with Crippen LogP contribution in [0.25, 0.3) is 0 Å². The van der Waals surface area contributed by atoms with Crippen LogP contribution in [0.2, 0.25) is 0 Å². The molecule has 134 valence electrons. The summed E-state index contributed by atoms with van der Waals surface area (Å²) in [6.07, 6.45) is 0.950. The summed E-state index contributed by atoms with van der Waals surface area (Å²) in [5, 5.41) is 6.35. The fraction of sp³-hybridized carbons (Fsp3) is 0.294. The molecule has 1 aliphatic heterocycles. The molecule has 1 unspecified atom stereocenters. The Balaban J connectivity index is 0.00000225. The Morgan fingerprint density at radius 1 is 1.28 bits per heavy atom. The summed E-state index contributed by atoms with van der Waals surface area (Å²) in [4.78, 5) is 15.2. The fourth-order valence-electron chi connectivity index (χ4n) is 2.58. The topological polar surface area (TPSA) is 102 Å². The molecule has 8 heteroatoms. The largest absolute Gasteiger partial charge is 0.488 e. The molecule has 0 aliphatic carbocycles. The highest BCUT2D eigenvalue weighted by atomic mass is 127. The molecule has 1 atom stereocenters. The summed E-state index contributed by atoms with van der Waals surface area (Å²) in [6.45, 7) is 1.04. The van der Waals surface area contributed by atoms with Gasteiger partial charge in [-0.15, -0.1) is 24.0 Å². The van der Waals surface area contributed by atoms with Crippen molar-refractivity contribution in [2.75, 3.05) is 13.6 Å². The molecule has 7 nitrogen and oxygen atoms in total. The van der Waals surface area contributed by atoms with E-state index in [2.05, 4.69) is 21.7 Å². The van der Waals surface area contributed by atoms with Crippen LogP contribution < -0.4 is 21.1 Å². The summed E-state index contributed by atoms with van der Waals surface area (Å²) in [5.74, 6) is 1.75. The maximum absolute atomic E-state index is 11.0. The molecule has 2 aromatic rings. The Labute approximate surface area is 163 Å². The number of fused-ring (bicyclic) bond motifs is 1. The number of halogens is 1. The van der Waals surface area contributed by atoms with Crippen LogP contribution in [0.5, 0.6) is 5.75 Å². The smallest absolute Gasteiger partial charge is 0.284 e. The van der Waals surface area contributed by atoms with Crippen LogP contribution in [0.4, 0.5) is 0 Å². The van der Waals surface area contributed by atoms with Crippen molar-refractivity contribution in [3.63, 3.8) is 0 Å². The van der Waals surface area contributed by atoms with E-state index in [0.717, 1.165) is 12.2 Å². The molecule has 4 N–H and O–H groups in total. The van der Waals surface area contributed by atoms with Crippen molar-refractivity contribution in [1.29, 1.82) is 0 Å². The van der Waals surface area contributed by atoms with E-state index >= 15 is 0 Å². The molecule has 25 heavy (non-hydrogen) atoms. The Bertz CT molecular complexity index is 735. The van der Waals surface area contributed by atoms with Gasteiger partial charge in [-0.25, -0.2) is 0 Å². The molecule has 1 aromatic carbocycles. The highest BCUT2D eigenvalue weighted by molar-refractivity contribution is 14.0. The number of hydrogen-bond donors (Lipinski definition) is 3. The van der Waals surface area contributed by atoms with Crippen LogP contribution in [0.15, 0.2) is 45.8 Å². The summed E-state index contributed by atoms with van der Waals surface area (Å²) >= 11 is 0. The molecule has 1 aromatic heterocycles. The van der Waals surface area contributed by atoms with Crippen LogP contribution >= 0.6 is 24.0 Å². The van der Waals surface area contributed by atoms with Gasteiger partial charge in [-0.2, -0.15) is 0 Å². The summed E-state index contributed by atoms with van der Waals surface area (Å²) in [7, 11) is 1.69. The van der Waals surface area contributed by atoms with Gasteiger partial charge in [0.15, 0.2) is 11.7 Å². The van der Waals surface area contributed by atoms with Crippen LogP contribution in [0, 0.1) is 0 Å². The number of nitrogens with one attached hydrogen (secondary N) is 2. The number of para-hydroxylation sites is 1. The number of primary amides is 1. The molecule has 0 saturated heterocycles. The lowest BCUT2D eigenvalue weighted by molar-refractivity contribution is 0.0972. The number of benzene rings is 1. The standard InChI is InChI=1S/C17H20N4O3.HI/c1-19-17(20-9-12-6-7-15(23-12)16(18)22)21-10-13-8-11-4-2-3-5-14(11)24-13;/h2-7,13H,8-10H2,1H3,(H2,18,22)(H2,19,20,21);1H.